The van der Waals surface area contributed by atoms with Gasteiger partial charge in [-0.15, -0.1) is 0 Å². The molecule has 0 atom stereocenters. The number of ether oxygens (including phenoxy) is 8. The number of rotatable bonds is 37. The van der Waals surface area contributed by atoms with Crippen LogP contribution in [0.3, 0.4) is 0 Å². The van der Waals surface area contributed by atoms with E-state index < -0.39 is 0 Å². The Balaban J connectivity index is 3.01. The summed E-state index contributed by atoms with van der Waals surface area (Å²) in [5.41, 5.74) is 5.33. The lowest BCUT2D eigenvalue weighted by molar-refractivity contribution is -0.0230. The molecule has 0 saturated carbocycles. The summed E-state index contributed by atoms with van der Waals surface area (Å²) in [4.78, 5) is 0. The van der Waals surface area contributed by atoms with Crippen LogP contribution in [0.25, 0.3) is 0 Å². The minimum Gasteiger partial charge on any atom is -0.379 e. The van der Waals surface area contributed by atoms with Crippen molar-refractivity contribution in [2.75, 3.05) is 112 Å². The van der Waals surface area contributed by atoms with Crippen LogP contribution in [0.4, 0.5) is 0 Å². The average molecular weight is 580 g/mol. The van der Waals surface area contributed by atoms with Gasteiger partial charge in [-0.1, -0.05) is 84.0 Å². The zero-order chi connectivity index (χ0) is 28.9. The monoisotopic (exact) mass is 579 g/mol. The Morgan fingerprint density at radius 3 is 0.775 bits per heavy atom. The van der Waals surface area contributed by atoms with Crippen LogP contribution in [0.5, 0.6) is 0 Å². The molecule has 242 valence electrons. The normalized spacial score (nSPS) is 11.6. The largest absolute Gasteiger partial charge is 0.379 e. The van der Waals surface area contributed by atoms with Crippen molar-refractivity contribution < 1.29 is 37.9 Å². The van der Waals surface area contributed by atoms with E-state index in [1.54, 1.807) is 0 Å². The molecule has 0 rings (SSSR count). The molecule has 2 N–H and O–H groups in total. The van der Waals surface area contributed by atoms with Gasteiger partial charge in [0.15, 0.2) is 0 Å². The predicted octanol–water partition coefficient (Wildman–Crippen LogP) is 5.17. The van der Waals surface area contributed by atoms with Gasteiger partial charge in [0.25, 0.3) is 0 Å². The summed E-state index contributed by atoms with van der Waals surface area (Å²) >= 11 is 0. The second-order valence-electron chi connectivity index (χ2n) is 9.93. The van der Waals surface area contributed by atoms with Crippen molar-refractivity contribution >= 4 is 0 Å². The van der Waals surface area contributed by atoms with Crippen molar-refractivity contribution in [1.29, 1.82) is 0 Å². The highest BCUT2D eigenvalue weighted by atomic mass is 16.6. The second kappa shape index (κ2) is 38.6. The lowest BCUT2D eigenvalue weighted by Gasteiger charge is -2.08. The molecular formula is C31H65NO8. The van der Waals surface area contributed by atoms with Crippen molar-refractivity contribution in [2.24, 2.45) is 5.73 Å². The van der Waals surface area contributed by atoms with E-state index in [9.17, 15) is 0 Å². The number of unbranched alkanes of at least 4 members (excludes halogenated alkanes) is 12. The Labute approximate surface area is 246 Å². The number of nitrogens with two attached hydrogens (primary N) is 1. The molecule has 9 nitrogen and oxygen atoms in total. The summed E-state index contributed by atoms with van der Waals surface area (Å²) in [5.74, 6) is 0. The molecule has 9 heteroatoms. The first kappa shape index (κ1) is 39.6. The molecule has 0 amide bonds. The van der Waals surface area contributed by atoms with Crippen LogP contribution in [0.15, 0.2) is 0 Å². The van der Waals surface area contributed by atoms with Gasteiger partial charge in [-0.3, -0.25) is 0 Å². The lowest BCUT2D eigenvalue weighted by Crippen LogP contribution is -2.15. The summed E-state index contributed by atoms with van der Waals surface area (Å²) in [6, 6.07) is 0. The predicted molar refractivity (Wildman–Crippen MR) is 161 cm³/mol. The smallest absolute Gasteiger partial charge is 0.0701 e. The Hall–Kier alpha value is -0.360. The molecule has 0 aromatic rings. The Morgan fingerprint density at radius 2 is 0.500 bits per heavy atom. The van der Waals surface area contributed by atoms with Crippen LogP contribution in [0.1, 0.15) is 90.4 Å². The molecule has 0 bridgehead atoms. The Bertz CT molecular complexity index is 396. The third kappa shape index (κ3) is 37.6. The first-order chi connectivity index (χ1) is 19.9. The maximum absolute atomic E-state index is 5.66. The molecule has 0 aliphatic carbocycles. The SMILES string of the molecule is CCCCCCCCCCCCCCCOCCOCCOCCOCCOCCOCCOCCOCCN. The third-order valence-electron chi connectivity index (χ3n) is 6.26. The molecule has 0 aliphatic heterocycles. The van der Waals surface area contributed by atoms with Gasteiger partial charge >= 0.3 is 0 Å². The molecular weight excluding hydrogens is 514 g/mol. The van der Waals surface area contributed by atoms with Gasteiger partial charge in [-0.2, -0.15) is 0 Å². The van der Waals surface area contributed by atoms with E-state index in [1.807, 2.05) is 0 Å². The Morgan fingerprint density at radius 1 is 0.275 bits per heavy atom. The van der Waals surface area contributed by atoms with Gasteiger partial charge in [0.1, 0.15) is 0 Å². The van der Waals surface area contributed by atoms with E-state index in [1.165, 1.54) is 77.0 Å². The summed E-state index contributed by atoms with van der Waals surface area (Å²) in [5, 5.41) is 0. The maximum Gasteiger partial charge on any atom is 0.0701 e. The van der Waals surface area contributed by atoms with Crippen LogP contribution in [-0.2, 0) is 37.9 Å². The molecule has 40 heavy (non-hydrogen) atoms. The molecule has 0 radical (unpaired) electrons. The highest BCUT2D eigenvalue weighted by molar-refractivity contribution is 4.49. The van der Waals surface area contributed by atoms with Crippen molar-refractivity contribution in [1.82, 2.24) is 0 Å². The second-order valence-corrected chi connectivity index (χ2v) is 9.93. The highest BCUT2D eigenvalue weighted by Crippen LogP contribution is 2.12. The molecule has 0 aliphatic rings. The summed E-state index contributed by atoms with van der Waals surface area (Å²) in [6.07, 6.45) is 17.8. The van der Waals surface area contributed by atoms with E-state index in [2.05, 4.69) is 6.92 Å². The van der Waals surface area contributed by atoms with Crippen LogP contribution < -0.4 is 5.73 Å². The average Bonchev–Trinajstić information content (AvgIpc) is 2.97. The van der Waals surface area contributed by atoms with Crippen LogP contribution >= 0.6 is 0 Å². The van der Waals surface area contributed by atoms with Gasteiger partial charge in [0, 0.05) is 13.2 Å². The van der Waals surface area contributed by atoms with Crippen molar-refractivity contribution in [3.63, 3.8) is 0 Å². The van der Waals surface area contributed by atoms with Crippen LogP contribution in [-0.4, -0.2) is 112 Å². The minimum absolute atomic E-state index is 0.535. The summed E-state index contributed by atoms with van der Waals surface area (Å²) in [7, 11) is 0. The molecule has 0 saturated heterocycles. The van der Waals surface area contributed by atoms with E-state index in [0.29, 0.717) is 106 Å². The number of hydrogen-bond acceptors (Lipinski definition) is 9. The summed E-state index contributed by atoms with van der Waals surface area (Å²) in [6.45, 7) is 12.1. The van der Waals surface area contributed by atoms with Gasteiger partial charge in [-0.05, 0) is 6.42 Å². The molecule has 0 aromatic heterocycles. The fraction of sp³-hybridized carbons (Fsp3) is 1.00. The number of hydrogen-bond donors (Lipinski definition) is 1. The van der Waals surface area contributed by atoms with Crippen molar-refractivity contribution in [3.05, 3.63) is 0 Å². The van der Waals surface area contributed by atoms with Gasteiger partial charge < -0.3 is 43.6 Å². The molecule has 0 unspecified atom stereocenters. The van der Waals surface area contributed by atoms with E-state index in [0.717, 1.165) is 13.0 Å². The van der Waals surface area contributed by atoms with Crippen molar-refractivity contribution in [2.45, 2.75) is 90.4 Å². The minimum atomic E-state index is 0.535. The zero-order valence-corrected chi connectivity index (χ0v) is 26.1. The fourth-order valence-corrected chi connectivity index (χ4v) is 3.95. The zero-order valence-electron chi connectivity index (χ0n) is 26.1. The fourth-order valence-electron chi connectivity index (χ4n) is 3.95. The van der Waals surface area contributed by atoms with E-state index in [4.69, 9.17) is 43.6 Å². The first-order valence-electron chi connectivity index (χ1n) is 16.2. The third-order valence-corrected chi connectivity index (χ3v) is 6.26. The molecule has 0 spiro atoms. The topological polar surface area (TPSA) is 99.9 Å². The summed E-state index contributed by atoms with van der Waals surface area (Å²) < 4.78 is 43.7. The van der Waals surface area contributed by atoms with Gasteiger partial charge in [-0.25, -0.2) is 0 Å². The maximum atomic E-state index is 5.66. The first-order valence-corrected chi connectivity index (χ1v) is 16.2. The Kier molecular flexibility index (Phi) is 38.3. The lowest BCUT2D eigenvalue weighted by atomic mass is 10.0. The van der Waals surface area contributed by atoms with Gasteiger partial charge in [0.2, 0.25) is 0 Å². The molecule has 0 fully saturated rings. The van der Waals surface area contributed by atoms with E-state index in [-0.39, 0.29) is 0 Å². The highest BCUT2D eigenvalue weighted by Gasteiger charge is 1.96. The van der Waals surface area contributed by atoms with Crippen LogP contribution in [0, 0.1) is 0 Å². The van der Waals surface area contributed by atoms with Crippen LogP contribution in [0.2, 0.25) is 0 Å². The van der Waals surface area contributed by atoms with E-state index >= 15 is 0 Å². The van der Waals surface area contributed by atoms with Crippen molar-refractivity contribution in [3.8, 4) is 0 Å². The standard InChI is InChI=1S/C31H65NO8/c1-2-3-4-5-6-7-8-9-10-11-12-13-14-16-33-18-20-35-22-24-37-26-28-39-30-31-40-29-27-38-25-23-36-21-19-34-17-15-32/h2-32H2,1H3. The molecule has 0 heterocycles. The molecule has 0 aromatic carbocycles. The quantitative estimate of drug-likeness (QED) is 0.0999. The van der Waals surface area contributed by atoms with Gasteiger partial charge in [0.05, 0.1) is 99.1 Å².